The van der Waals surface area contributed by atoms with Gasteiger partial charge in [-0.25, -0.2) is 4.39 Å². The van der Waals surface area contributed by atoms with Crippen LogP contribution in [0.25, 0.3) is 0 Å². The van der Waals surface area contributed by atoms with E-state index in [2.05, 4.69) is 26.8 Å². The first-order valence-electron chi connectivity index (χ1n) is 8.69. The zero-order chi connectivity index (χ0) is 19.6. The minimum atomic E-state index is -0.826. The number of benzene rings is 2. The smallest absolute Gasteiger partial charge is 0.279 e. The summed E-state index contributed by atoms with van der Waals surface area (Å²) in [5.74, 6) is -0.749. The van der Waals surface area contributed by atoms with E-state index >= 15 is 0 Å². The van der Waals surface area contributed by atoms with Gasteiger partial charge in [0.1, 0.15) is 11.6 Å². The van der Waals surface area contributed by atoms with E-state index in [9.17, 15) is 14.0 Å². The summed E-state index contributed by atoms with van der Waals surface area (Å²) in [6.45, 7) is 1.54. The van der Waals surface area contributed by atoms with Crippen molar-refractivity contribution in [3.63, 3.8) is 0 Å². The first kappa shape index (κ1) is 20.9. The number of carbonyl (C=O) groups is 2. The standard InChI is InChI=1S/C20H22BrFN2O3/c1-14(27-18-12-10-17(22)11-13-18)20(26)24-23-19(25)5-3-2-4-15-6-8-16(21)9-7-15/h6-14H,2-5H2,1H3,(H,23,25)(H,24,26). The molecule has 7 heteroatoms. The fraction of sp³-hybridized carbons (Fsp3) is 0.300. The Morgan fingerprint density at radius 1 is 1.04 bits per heavy atom. The number of ether oxygens (including phenoxy) is 1. The molecular weight excluding hydrogens is 415 g/mol. The highest BCUT2D eigenvalue weighted by Gasteiger charge is 2.15. The lowest BCUT2D eigenvalue weighted by atomic mass is 10.1. The van der Waals surface area contributed by atoms with Crippen molar-refractivity contribution in [2.75, 3.05) is 0 Å². The molecule has 2 aromatic carbocycles. The van der Waals surface area contributed by atoms with Crippen molar-refractivity contribution < 1.29 is 18.7 Å². The van der Waals surface area contributed by atoms with E-state index < -0.39 is 12.0 Å². The van der Waals surface area contributed by atoms with Gasteiger partial charge in [0.15, 0.2) is 6.10 Å². The van der Waals surface area contributed by atoms with Crippen molar-refractivity contribution >= 4 is 27.7 Å². The van der Waals surface area contributed by atoms with Crippen LogP contribution in [-0.4, -0.2) is 17.9 Å². The van der Waals surface area contributed by atoms with Crippen LogP contribution in [0.15, 0.2) is 53.0 Å². The molecule has 0 radical (unpaired) electrons. The van der Waals surface area contributed by atoms with Gasteiger partial charge in [-0.15, -0.1) is 0 Å². The Kier molecular flexibility index (Phi) is 8.26. The molecule has 0 aliphatic rings. The molecule has 0 aliphatic carbocycles. The van der Waals surface area contributed by atoms with Gasteiger partial charge < -0.3 is 4.74 Å². The van der Waals surface area contributed by atoms with Gasteiger partial charge in [-0.05, 0) is 68.1 Å². The van der Waals surface area contributed by atoms with Gasteiger partial charge >= 0.3 is 0 Å². The predicted octanol–water partition coefficient (Wildman–Crippen LogP) is 3.92. The average molecular weight is 437 g/mol. The lowest BCUT2D eigenvalue weighted by Gasteiger charge is -2.15. The summed E-state index contributed by atoms with van der Waals surface area (Å²) < 4.78 is 19.3. The maximum atomic E-state index is 12.8. The van der Waals surface area contributed by atoms with E-state index in [1.165, 1.54) is 29.8 Å². The van der Waals surface area contributed by atoms with Gasteiger partial charge in [0.25, 0.3) is 5.91 Å². The van der Waals surface area contributed by atoms with Crippen LogP contribution in [-0.2, 0) is 16.0 Å². The number of hydrazine groups is 1. The van der Waals surface area contributed by atoms with E-state index in [1.54, 1.807) is 6.92 Å². The average Bonchev–Trinajstić information content (AvgIpc) is 2.66. The molecule has 0 aromatic heterocycles. The van der Waals surface area contributed by atoms with Crippen LogP contribution in [0.5, 0.6) is 5.75 Å². The summed E-state index contributed by atoms with van der Waals surface area (Å²) in [5.41, 5.74) is 5.94. The molecule has 2 amide bonds. The lowest BCUT2D eigenvalue weighted by Crippen LogP contribution is -2.47. The van der Waals surface area contributed by atoms with Crippen LogP contribution in [0, 0.1) is 5.82 Å². The Labute approximate surface area is 166 Å². The molecule has 27 heavy (non-hydrogen) atoms. The Morgan fingerprint density at radius 2 is 1.70 bits per heavy atom. The molecular formula is C20H22BrFN2O3. The molecule has 2 aromatic rings. The quantitative estimate of drug-likeness (QED) is 0.486. The molecule has 0 spiro atoms. The molecule has 1 atom stereocenters. The van der Waals surface area contributed by atoms with Gasteiger partial charge in [-0.2, -0.15) is 0 Å². The highest BCUT2D eigenvalue weighted by molar-refractivity contribution is 9.10. The van der Waals surface area contributed by atoms with Crippen LogP contribution in [0.4, 0.5) is 4.39 Å². The molecule has 0 bridgehead atoms. The molecule has 2 rings (SSSR count). The Balaban J connectivity index is 1.61. The van der Waals surface area contributed by atoms with Crippen molar-refractivity contribution in [2.24, 2.45) is 0 Å². The third-order valence-corrected chi connectivity index (χ3v) is 4.38. The van der Waals surface area contributed by atoms with E-state index in [0.29, 0.717) is 12.2 Å². The molecule has 0 saturated heterocycles. The van der Waals surface area contributed by atoms with Crippen LogP contribution in [0.3, 0.4) is 0 Å². The fourth-order valence-corrected chi connectivity index (χ4v) is 2.60. The number of nitrogens with one attached hydrogen (secondary N) is 2. The zero-order valence-corrected chi connectivity index (χ0v) is 16.6. The van der Waals surface area contributed by atoms with Gasteiger partial charge in [0.05, 0.1) is 0 Å². The summed E-state index contributed by atoms with van der Waals surface area (Å²) in [4.78, 5) is 23.7. The highest BCUT2D eigenvalue weighted by atomic mass is 79.9. The number of hydrogen-bond donors (Lipinski definition) is 2. The van der Waals surface area contributed by atoms with Crippen molar-refractivity contribution in [1.29, 1.82) is 0 Å². The second-order valence-corrected chi connectivity index (χ2v) is 7.00. The first-order chi connectivity index (χ1) is 12.9. The normalized spacial score (nSPS) is 11.5. The third-order valence-electron chi connectivity index (χ3n) is 3.85. The van der Waals surface area contributed by atoms with Crippen molar-refractivity contribution in [3.8, 4) is 5.75 Å². The summed E-state index contributed by atoms with van der Waals surface area (Å²) >= 11 is 3.40. The monoisotopic (exact) mass is 436 g/mol. The summed E-state index contributed by atoms with van der Waals surface area (Å²) in [6, 6.07) is 13.4. The molecule has 2 N–H and O–H groups in total. The largest absolute Gasteiger partial charge is 0.481 e. The van der Waals surface area contributed by atoms with Crippen molar-refractivity contribution in [1.82, 2.24) is 10.9 Å². The van der Waals surface area contributed by atoms with Crippen LogP contribution in [0.1, 0.15) is 31.7 Å². The van der Waals surface area contributed by atoms with Crippen LogP contribution < -0.4 is 15.6 Å². The highest BCUT2D eigenvalue weighted by Crippen LogP contribution is 2.14. The number of halogens is 2. The minimum Gasteiger partial charge on any atom is -0.481 e. The SMILES string of the molecule is CC(Oc1ccc(F)cc1)C(=O)NNC(=O)CCCCc1ccc(Br)cc1. The molecule has 0 heterocycles. The van der Waals surface area contributed by atoms with Crippen LogP contribution >= 0.6 is 15.9 Å². The maximum absolute atomic E-state index is 12.8. The van der Waals surface area contributed by atoms with Crippen LogP contribution in [0.2, 0.25) is 0 Å². The van der Waals surface area contributed by atoms with Gasteiger partial charge in [-0.1, -0.05) is 28.1 Å². The Bertz CT molecular complexity index is 751. The third kappa shape index (κ3) is 7.78. The zero-order valence-electron chi connectivity index (χ0n) is 15.0. The number of hydrogen-bond acceptors (Lipinski definition) is 3. The summed E-state index contributed by atoms with van der Waals surface area (Å²) in [6.07, 6.45) is 2.00. The lowest BCUT2D eigenvalue weighted by molar-refractivity contribution is -0.132. The Morgan fingerprint density at radius 3 is 2.37 bits per heavy atom. The number of unbranched alkanes of at least 4 members (excludes halogenated alkanes) is 1. The number of rotatable bonds is 8. The molecule has 1 unspecified atom stereocenters. The number of carbonyl (C=O) groups excluding carboxylic acids is 2. The topological polar surface area (TPSA) is 67.4 Å². The molecule has 144 valence electrons. The van der Waals surface area contributed by atoms with Crippen molar-refractivity contribution in [3.05, 3.63) is 64.4 Å². The predicted molar refractivity (Wildman–Crippen MR) is 104 cm³/mol. The number of aryl methyl sites for hydroxylation is 1. The van der Waals surface area contributed by atoms with Gasteiger partial charge in [0.2, 0.25) is 5.91 Å². The second kappa shape index (κ2) is 10.7. The van der Waals surface area contributed by atoms with Gasteiger partial charge in [-0.3, -0.25) is 20.4 Å². The number of amides is 2. The Hall–Kier alpha value is -2.41. The first-order valence-corrected chi connectivity index (χ1v) is 9.48. The maximum Gasteiger partial charge on any atom is 0.279 e. The summed E-state index contributed by atoms with van der Waals surface area (Å²) in [5, 5.41) is 0. The summed E-state index contributed by atoms with van der Waals surface area (Å²) in [7, 11) is 0. The van der Waals surface area contributed by atoms with Gasteiger partial charge in [0, 0.05) is 10.9 Å². The van der Waals surface area contributed by atoms with E-state index in [4.69, 9.17) is 4.74 Å². The molecule has 5 nitrogen and oxygen atoms in total. The fourth-order valence-electron chi connectivity index (χ4n) is 2.33. The molecule has 0 aliphatic heterocycles. The minimum absolute atomic E-state index is 0.256. The van der Waals surface area contributed by atoms with E-state index in [1.807, 2.05) is 24.3 Å². The molecule has 0 fully saturated rings. The second-order valence-electron chi connectivity index (χ2n) is 6.08. The van der Waals surface area contributed by atoms with Crippen molar-refractivity contribution in [2.45, 2.75) is 38.7 Å². The molecule has 0 saturated carbocycles. The van der Waals surface area contributed by atoms with E-state index in [0.717, 1.165) is 23.7 Å². The van der Waals surface area contributed by atoms with E-state index in [-0.39, 0.29) is 11.7 Å².